The van der Waals surface area contributed by atoms with E-state index < -0.39 is 23.8 Å². The Hall–Kier alpha value is -3.55. The third-order valence-electron chi connectivity index (χ3n) is 4.89. The number of carboxylic acids is 1. The lowest BCUT2D eigenvalue weighted by Gasteiger charge is -2.16. The zero-order chi connectivity index (χ0) is 24.0. The van der Waals surface area contributed by atoms with E-state index in [9.17, 15) is 19.5 Å². The Labute approximate surface area is 200 Å². The molecule has 0 fully saturated rings. The van der Waals surface area contributed by atoms with Gasteiger partial charge in [0.15, 0.2) is 0 Å². The Bertz CT molecular complexity index is 1160. The summed E-state index contributed by atoms with van der Waals surface area (Å²) in [5, 5.41) is 18.2. The van der Waals surface area contributed by atoms with Crippen LogP contribution in [0.2, 0.25) is 10.0 Å². The second kappa shape index (κ2) is 10.8. The van der Waals surface area contributed by atoms with E-state index in [0.29, 0.717) is 22.5 Å². The molecule has 0 radical (unpaired) electrons. The first-order valence-corrected chi connectivity index (χ1v) is 10.7. The lowest BCUT2D eigenvalue weighted by molar-refractivity contribution is -0.139. The number of para-hydroxylation sites is 1. The van der Waals surface area contributed by atoms with Gasteiger partial charge in [0.25, 0.3) is 11.8 Å². The Balaban J connectivity index is 1.68. The quantitative estimate of drug-likeness (QED) is 0.369. The van der Waals surface area contributed by atoms with E-state index in [1.54, 1.807) is 73.8 Å². The van der Waals surface area contributed by atoms with Crippen LogP contribution in [-0.2, 0) is 11.2 Å². The van der Waals surface area contributed by atoms with Crippen LogP contribution in [0, 0.1) is 0 Å². The molecule has 0 heterocycles. The molecule has 3 aromatic rings. The zero-order valence-corrected chi connectivity index (χ0v) is 19.1. The molecule has 4 N–H and O–H groups in total. The number of carbonyl (C=O) groups excluding carboxylic acids is 2. The van der Waals surface area contributed by atoms with Crippen molar-refractivity contribution in [1.82, 2.24) is 5.32 Å². The van der Waals surface area contributed by atoms with Gasteiger partial charge in [-0.15, -0.1) is 0 Å². The molecule has 7 nitrogen and oxygen atoms in total. The first-order valence-electron chi connectivity index (χ1n) is 9.95. The maximum Gasteiger partial charge on any atom is 0.326 e. The van der Waals surface area contributed by atoms with Gasteiger partial charge in [-0.05, 0) is 42.0 Å². The van der Waals surface area contributed by atoms with E-state index in [4.69, 9.17) is 23.2 Å². The molecule has 9 heteroatoms. The van der Waals surface area contributed by atoms with Gasteiger partial charge >= 0.3 is 5.97 Å². The number of aliphatic carboxylic acids is 1. The fourth-order valence-corrected chi connectivity index (χ4v) is 3.77. The summed E-state index contributed by atoms with van der Waals surface area (Å²) < 4.78 is 0. The number of benzene rings is 3. The SMILES string of the molecule is CNc1ccccc1C(=O)N[C@@H](Cc1ccc(NC(=O)c2c(Cl)cccc2Cl)cc1)C(=O)O. The number of halogens is 2. The van der Waals surface area contributed by atoms with Crippen LogP contribution in [0.4, 0.5) is 11.4 Å². The highest BCUT2D eigenvalue weighted by Crippen LogP contribution is 2.25. The van der Waals surface area contributed by atoms with Crippen molar-refractivity contribution < 1.29 is 19.5 Å². The smallest absolute Gasteiger partial charge is 0.326 e. The van der Waals surface area contributed by atoms with E-state index in [1.807, 2.05) is 0 Å². The number of carbonyl (C=O) groups is 3. The van der Waals surface area contributed by atoms with Crippen LogP contribution in [0.15, 0.2) is 66.7 Å². The maximum atomic E-state index is 12.6. The monoisotopic (exact) mass is 485 g/mol. The molecule has 2 amide bonds. The molecule has 33 heavy (non-hydrogen) atoms. The van der Waals surface area contributed by atoms with E-state index in [2.05, 4.69) is 16.0 Å². The zero-order valence-electron chi connectivity index (χ0n) is 17.6. The van der Waals surface area contributed by atoms with Crippen molar-refractivity contribution >= 4 is 52.4 Å². The second-order valence-corrected chi connectivity index (χ2v) is 7.93. The molecule has 0 saturated carbocycles. The third-order valence-corrected chi connectivity index (χ3v) is 5.52. The van der Waals surface area contributed by atoms with Gasteiger partial charge in [-0.25, -0.2) is 4.79 Å². The highest BCUT2D eigenvalue weighted by Gasteiger charge is 2.22. The summed E-state index contributed by atoms with van der Waals surface area (Å²) in [4.78, 5) is 36.9. The number of carboxylic acid groups (broad SMARTS) is 1. The molecule has 1 atom stereocenters. The van der Waals surface area contributed by atoms with Crippen molar-refractivity contribution in [2.24, 2.45) is 0 Å². The third kappa shape index (κ3) is 6.03. The number of anilines is 2. The predicted molar refractivity (Wildman–Crippen MR) is 129 cm³/mol. The Kier molecular flexibility index (Phi) is 7.92. The fourth-order valence-electron chi connectivity index (χ4n) is 3.20. The minimum atomic E-state index is -1.16. The minimum absolute atomic E-state index is 0.0629. The fraction of sp³-hybridized carbons (Fsp3) is 0.125. The van der Waals surface area contributed by atoms with Gasteiger partial charge in [0.05, 0.1) is 21.2 Å². The first kappa shape index (κ1) is 24.1. The number of nitrogens with one attached hydrogen (secondary N) is 3. The molecule has 0 aromatic heterocycles. The van der Waals surface area contributed by atoms with Crippen LogP contribution in [0.3, 0.4) is 0 Å². The summed E-state index contributed by atoms with van der Waals surface area (Å²) in [5.41, 5.74) is 2.26. The number of hydrogen-bond acceptors (Lipinski definition) is 4. The largest absolute Gasteiger partial charge is 0.480 e. The molecule has 0 aliphatic rings. The van der Waals surface area contributed by atoms with Gasteiger partial charge in [-0.2, -0.15) is 0 Å². The molecular formula is C24H21Cl2N3O4. The average molecular weight is 486 g/mol. The highest BCUT2D eigenvalue weighted by molar-refractivity contribution is 6.40. The maximum absolute atomic E-state index is 12.6. The van der Waals surface area contributed by atoms with Gasteiger partial charge in [0, 0.05) is 24.8 Å². The first-order chi connectivity index (χ1) is 15.8. The Morgan fingerprint density at radius 1 is 0.879 bits per heavy atom. The predicted octanol–water partition coefficient (Wildman–Crippen LogP) is 4.71. The number of rotatable bonds is 8. The second-order valence-electron chi connectivity index (χ2n) is 7.11. The normalized spacial score (nSPS) is 11.4. The van der Waals surface area contributed by atoms with Crippen molar-refractivity contribution in [1.29, 1.82) is 0 Å². The van der Waals surface area contributed by atoms with E-state index >= 15 is 0 Å². The van der Waals surface area contributed by atoms with Gasteiger partial charge in [0.2, 0.25) is 0 Å². The average Bonchev–Trinajstić information content (AvgIpc) is 2.79. The molecule has 3 rings (SSSR count). The Morgan fingerprint density at radius 2 is 1.52 bits per heavy atom. The number of amides is 2. The molecule has 3 aromatic carbocycles. The van der Waals surface area contributed by atoms with Crippen LogP contribution in [0.25, 0.3) is 0 Å². The van der Waals surface area contributed by atoms with E-state index in [1.165, 1.54) is 0 Å². The van der Waals surface area contributed by atoms with E-state index in [0.717, 1.165) is 0 Å². The molecular weight excluding hydrogens is 465 g/mol. The van der Waals surface area contributed by atoms with Crippen LogP contribution in [0.5, 0.6) is 0 Å². The Morgan fingerprint density at radius 3 is 2.12 bits per heavy atom. The number of hydrogen-bond donors (Lipinski definition) is 4. The summed E-state index contributed by atoms with van der Waals surface area (Å²) >= 11 is 12.1. The lowest BCUT2D eigenvalue weighted by atomic mass is 10.0. The van der Waals surface area contributed by atoms with Gasteiger partial charge in [0.1, 0.15) is 6.04 Å². The lowest BCUT2D eigenvalue weighted by Crippen LogP contribution is -2.42. The molecule has 170 valence electrons. The summed E-state index contributed by atoms with van der Waals surface area (Å²) in [6.07, 6.45) is 0.0629. The molecule has 0 aliphatic carbocycles. The molecule has 0 saturated heterocycles. The molecule has 0 bridgehead atoms. The van der Waals surface area contributed by atoms with Crippen molar-refractivity contribution in [3.63, 3.8) is 0 Å². The molecule has 0 spiro atoms. The summed E-state index contributed by atoms with van der Waals surface area (Å²) in [5.74, 6) is -2.11. The van der Waals surface area contributed by atoms with Crippen LogP contribution < -0.4 is 16.0 Å². The van der Waals surface area contributed by atoms with Gasteiger partial charge in [-0.3, -0.25) is 9.59 Å². The summed E-state index contributed by atoms with van der Waals surface area (Å²) in [6.45, 7) is 0. The minimum Gasteiger partial charge on any atom is -0.480 e. The van der Waals surface area contributed by atoms with Gasteiger partial charge < -0.3 is 21.1 Å². The van der Waals surface area contributed by atoms with Crippen LogP contribution >= 0.6 is 23.2 Å². The summed E-state index contributed by atoms with van der Waals surface area (Å²) in [7, 11) is 1.68. The molecule has 0 unspecified atom stereocenters. The van der Waals surface area contributed by atoms with Crippen LogP contribution in [-0.4, -0.2) is 36.0 Å². The van der Waals surface area contributed by atoms with Crippen LogP contribution in [0.1, 0.15) is 26.3 Å². The molecule has 0 aliphatic heterocycles. The van der Waals surface area contributed by atoms with Crippen molar-refractivity contribution in [2.75, 3.05) is 17.7 Å². The highest BCUT2D eigenvalue weighted by atomic mass is 35.5. The topological polar surface area (TPSA) is 108 Å². The van der Waals surface area contributed by atoms with Crippen molar-refractivity contribution in [3.05, 3.63) is 93.5 Å². The standard InChI is InChI=1S/C24H21Cl2N3O4/c1-27-19-8-3-2-5-16(19)22(30)29-20(24(32)33)13-14-9-11-15(12-10-14)28-23(31)21-17(25)6-4-7-18(21)26/h2-12,20,27H,13H2,1H3,(H,28,31)(H,29,30)(H,32,33)/t20-/m0/s1. The van der Waals surface area contributed by atoms with Gasteiger partial charge in [-0.1, -0.05) is 53.5 Å². The summed E-state index contributed by atoms with van der Waals surface area (Å²) in [6, 6.07) is 17.1. The van der Waals surface area contributed by atoms with Crippen molar-refractivity contribution in [3.8, 4) is 0 Å². The van der Waals surface area contributed by atoms with E-state index in [-0.39, 0.29) is 22.0 Å². The van der Waals surface area contributed by atoms with Crippen molar-refractivity contribution in [2.45, 2.75) is 12.5 Å².